The second-order valence-electron chi connectivity index (χ2n) is 3.12. The van der Waals surface area contributed by atoms with Crippen molar-refractivity contribution < 1.29 is 14.7 Å². The van der Waals surface area contributed by atoms with E-state index in [1.807, 2.05) is 0 Å². The first-order valence-electron chi connectivity index (χ1n) is 5.15. The summed E-state index contributed by atoms with van der Waals surface area (Å²) in [6, 6.07) is 0. The molecule has 4 nitrogen and oxygen atoms in total. The first-order valence-corrected chi connectivity index (χ1v) is 6.20. The third-order valence-corrected chi connectivity index (χ3v) is 3.20. The highest BCUT2D eigenvalue weighted by Crippen LogP contribution is 2.14. The number of rotatable bonds is 11. The van der Waals surface area contributed by atoms with E-state index >= 15 is 0 Å². The van der Waals surface area contributed by atoms with Gasteiger partial charge in [-0.25, -0.2) is 0 Å². The third-order valence-electron chi connectivity index (χ3n) is 1.87. The van der Waals surface area contributed by atoms with Crippen LogP contribution in [0, 0.1) is 0 Å². The summed E-state index contributed by atoms with van der Waals surface area (Å²) in [5.74, 6) is 0.767. The first-order chi connectivity index (χ1) is 7.35. The molecule has 0 aliphatic carbocycles. The molecule has 0 amide bonds. The van der Waals surface area contributed by atoms with Crippen molar-refractivity contribution >= 4 is 24.3 Å². The van der Waals surface area contributed by atoms with E-state index in [1.54, 1.807) is 11.8 Å². The van der Waals surface area contributed by atoms with Crippen LogP contribution in [0.15, 0.2) is 0 Å². The molecule has 0 radical (unpaired) electrons. The highest BCUT2D eigenvalue weighted by Gasteiger charge is 2.06. The van der Waals surface area contributed by atoms with E-state index in [9.17, 15) is 9.59 Å². The molecule has 0 saturated carbocycles. The van der Waals surface area contributed by atoms with Gasteiger partial charge in [-0.3, -0.25) is 0 Å². The van der Waals surface area contributed by atoms with Gasteiger partial charge in [-0.1, -0.05) is 0 Å². The SMILES string of the molecule is O=CCCNCCC(CO)SCCC=O. The maximum Gasteiger partial charge on any atom is 0.121 e. The average molecular weight is 233 g/mol. The molecule has 1 atom stereocenters. The van der Waals surface area contributed by atoms with Crippen LogP contribution in [0.2, 0.25) is 0 Å². The fourth-order valence-electron chi connectivity index (χ4n) is 1.06. The Kier molecular flexibility index (Phi) is 11.4. The van der Waals surface area contributed by atoms with Crippen molar-refractivity contribution in [3.05, 3.63) is 0 Å². The number of hydrogen-bond acceptors (Lipinski definition) is 5. The van der Waals surface area contributed by atoms with Gasteiger partial charge in [0.05, 0.1) is 6.61 Å². The van der Waals surface area contributed by atoms with Gasteiger partial charge < -0.3 is 20.0 Å². The summed E-state index contributed by atoms with van der Waals surface area (Å²) in [5.41, 5.74) is 0. The number of carbonyl (C=O) groups is 2. The summed E-state index contributed by atoms with van der Waals surface area (Å²) in [7, 11) is 0. The van der Waals surface area contributed by atoms with Crippen LogP contribution in [-0.2, 0) is 9.59 Å². The molecule has 0 bridgehead atoms. The smallest absolute Gasteiger partial charge is 0.121 e. The fourth-order valence-corrected chi connectivity index (χ4v) is 2.01. The molecule has 0 aliphatic heterocycles. The van der Waals surface area contributed by atoms with E-state index in [4.69, 9.17) is 5.11 Å². The van der Waals surface area contributed by atoms with Crippen molar-refractivity contribution in [3.63, 3.8) is 0 Å². The zero-order valence-corrected chi connectivity index (χ0v) is 9.67. The summed E-state index contributed by atoms with van der Waals surface area (Å²) in [4.78, 5) is 20.1. The Bertz CT molecular complexity index is 167. The average Bonchev–Trinajstić information content (AvgIpc) is 2.26. The van der Waals surface area contributed by atoms with Crippen LogP contribution in [-0.4, -0.2) is 48.4 Å². The van der Waals surface area contributed by atoms with E-state index in [-0.39, 0.29) is 11.9 Å². The minimum Gasteiger partial charge on any atom is -0.395 e. The zero-order valence-electron chi connectivity index (χ0n) is 8.85. The lowest BCUT2D eigenvalue weighted by atomic mass is 10.3. The second-order valence-corrected chi connectivity index (χ2v) is 4.53. The number of carbonyl (C=O) groups excluding carboxylic acids is 2. The molecule has 0 aliphatic rings. The first kappa shape index (κ1) is 14.6. The molecule has 0 rings (SSSR count). The molecule has 0 aromatic carbocycles. The Labute approximate surface area is 94.8 Å². The lowest BCUT2D eigenvalue weighted by molar-refractivity contribution is -0.108. The third kappa shape index (κ3) is 9.90. The Balaban J connectivity index is 3.35. The van der Waals surface area contributed by atoms with E-state index in [1.165, 1.54) is 0 Å². The second kappa shape index (κ2) is 11.7. The van der Waals surface area contributed by atoms with Crippen molar-refractivity contribution in [2.24, 2.45) is 0 Å². The predicted molar refractivity (Wildman–Crippen MR) is 62.2 cm³/mol. The molecule has 0 fully saturated rings. The topological polar surface area (TPSA) is 66.4 Å². The Morgan fingerprint density at radius 1 is 1.20 bits per heavy atom. The normalized spacial score (nSPS) is 12.3. The largest absolute Gasteiger partial charge is 0.395 e. The number of thioether (sulfide) groups is 1. The van der Waals surface area contributed by atoms with Crippen molar-refractivity contribution in [3.8, 4) is 0 Å². The summed E-state index contributed by atoms with van der Waals surface area (Å²) in [6.45, 7) is 1.63. The maximum absolute atomic E-state index is 10.1. The van der Waals surface area contributed by atoms with E-state index in [2.05, 4.69) is 5.32 Å². The summed E-state index contributed by atoms with van der Waals surface area (Å²) in [5, 5.41) is 12.3. The van der Waals surface area contributed by atoms with Crippen molar-refractivity contribution in [2.45, 2.75) is 24.5 Å². The van der Waals surface area contributed by atoms with Crippen LogP contribution >= 0.6 is 11.8 Å². The van der Waals surface area contributed by atoms with Gasteiger partial charge in [-0.05, 0) is 13.0 Å². The Morgan fingerprint density at radius 3 is 2.53 bits per heavy atom. The van der Waals surface area contributed by atoms with E-state index in [0.29, 0.717) is 19.4 Å². The van der Waals surface area contributed by atoms with Gasteiger partial charge >= 0.3 is 0 Å². The van der Waals surface area contributed by atoms with Crippen LogP contribution in [0.5, 0.6) is 0 Å². The Morgan fingerprint density at radius 2 is 1.93 bits per heavy atom. The predicted octanol–water partition coefficient (Wildman–Crippen LogP) is 0.238. The standard InChI is InChI=1S/C10H19NO3S/c12-6-1-4-11-5-3-10(9-14)15-8-2-7-13/h6-7,10-11,14H,1-5,8-9H2. The van der Waals surface area contributed by atoms with Gasteiger partial charge in [0.15, 0.2) is 0 Å². The number of nitrogens with one attached hydrogen (secondary N) is 1. The molecular formula is C10H19NO3S. The van der Waals surface area contributed by atoms with Crippen molar-refractivity contribution in [1.82, 2.24) is 5.32 Å². The summed E-state index contributed by atoms with van der Waals surface area (Å²) in [6.07, 6.45) is 3.71. The Hall–Kier alpha value is -0.390. The minimum atomic E-state index is 0.138. The molecule has 5 heteroatoms. The molecule has 0 aromatic heterocycles. The lowest BCUT2D eigenvalue weighted by Gasteiger charge is -2.13. The molecule has 0 heterocycles. The quantitative estimate of drug-likeness (QED) is 0.395. The van der Waals surface area contributed by atoms with E-state index in [0.717, 1.165) is 31.3 Å². The highest BCUT2D eigenvalue weighted by atomic mass is 32.2. The van der Waals surface area contributed by atoms with Gasteiger partial charge in [-0.2, -0.15) is 11.8 Å². The van der Waals surface area contributed by atoms with Gasteiger partial charge in [-0.15, -0.1) is 0 Å². The molecule has 15 heavy (non-hydrogen) atoms. The van der Waals surface area contributed by atoms with Gasteiger partial charge in [0, 0.05) is 30.4 Å². The van der Waals surface area contributed by atoms with Crippen molar-refractivity contribution in [2.75, 3.05) is 25.4 Å². The van der Waals surface area contributed by atoms with Crippen LogP contribution < -0.4 is 5.32 Å². The number of aliphatic hydroxyl groups is 1. The van der Waals surface area contributed by atoms with Gasteiger partial charge in [0.1, 0.15) is 12.6 Å². The zero-order chi connectivity index (χ0) is 11.4. The van der Waals surface area contributed by atoms with Gasteiger partial charge in [0.25, 0.3) is 0 Å². The molecule has 88 valence electrons. The number of aliphatic hydroxyl groups excluding tert-OH is 1. The molecule has 0 aromatic rings. The van der Waals surface area contributed by atoms with Crippen LogP contribution in [0.25, 0.3) is 0 Å². The molecular weight excluding hydrogens is 214 g/mol. The monoisotopic (exact) mass is 233 g/mol. The van der Waals surface area contributed by atoms with Crippen molar-refractivity contribution in [1.29, 1.82) is 0 Å². The number of hydrogen-bond donors (Lipinski definition) is 2. The maximum atomic E-state index is 10.1. The van der Waals surface area contributed by atoms with Crippen LogP contribution in [0.4, 0.5) is 0 Å². The van der Waals surface area contributed by atoms with Crippen LogP contribution in [0.3, 0.4) is 0 Å². The van der Waals surface area contributed by atoms with Crippen LogP contribution in [0.1, 0.15) is 19.3 Å². The molecule has 0 saturated heterocycles. The lowest BCUT2D eigenvalue weighted by Crippen LogP contribution is -2.22. The fraction of sp³-hybridized carbons (Fsp3) is 0.800. The molecule has 1 unspecified atom stereocenters. The summed E-state index contributed by atoms with van der Waals surface area (Å²) >= 11 is 1.62. The molecule has 0 spiro atoms. The highest BCUT2D eigenvalue weighted by molar-refractivity contribution is 7.99. The van der Waals surface area contributed by atoms with E-state index < -0.39 is 0 Å². The minimum absolute atomic E-state index is 0.138. The molecule has 2 N–H and O–H groups in total. The van der Waals surface area contributed by atoms with Gasteiger partial charge in [0.2, 0.25) is 0 Å². The summed E-state index contributed by atoms with van der Waals surface area (Å²) < 4.78 is 0. The number of aldehydes is 2.